The van der Waals surface area contributed by atoms with Gasteiger partial charge in [0, 0.05) is 165 Å². The Morgan fingerprint density at radius 2 is 0.493 bits per heavy atom. The fourth-order valence-corrected chi connectivity index (χ4v) is 18.0. The fraction of sp³-hybridized carbons (Fsp3) is 0.220. The molecule has 21 aromatic rings. The quantitative estimate of drug-likeness (QED) is 0.0792. The van der Waals surface area contributed by atoms with Gasteiger partial charge in [0.15, 0.2) is 0 Å². The zero-order valence-electron chi connectivity index (χ0n) is 82.0. The Labute approximate surface area is 855 Å². The van der Waals surface area contributed by atoms with Gasteiger partial charge >= 0.3 is 0 Å². The molecule has 705 valence electrons. The van der Waals surface area contributed by atoms with Crippen molar-refractivity contribution in [3.63, 3.8) is 0 Å². The van der Waals surface area contributed by atoms with E-state index >= 15 is 0 Å². The standard InChI is InChI=1S/C23H23N2.3C21H23N2.C20H17N2.C17H11N2.3Ir/c1-15(2)17-7-5-8-19(13-17)25-22-11-10-18(16(3)4)14-21(22)20-9-6-12-24-23(20)25;3*1-15(2)18-11-8-12-19(16(3)4)20(18)23-14-13-22-21(23)17-9-6-5-7-10-17;1-14(2)15-7-5-8-16(13-15)22-19-11-4-3-9-17(19)18-10-6-12-21-20(18)22;1-2-7-13(8-3-1)19-16-11-5-4-9-14(16)15-10-6-12-18-17(15)19;;;/h5-7,9-16H,1-4H3;3*5-9,11-16H,1-4H3;3-7,9-14H,1-2H3;1-7,9-12H;;;/q6*-1;;;. The summed E-state index contributed by atoms with van der Waals surface area (Å²) in [5.74, 6) is 7.07. The van der Waals surface area contributed by atoms with Gasteiger partial charge in [0.25, 0.3) is 0 Å². The predicted octanol–water partition coefficient (Wildman–Crippen LogP) is 32.1. The number of rotatable bonds is 18. The van der Waals surface area contributed by atoms with Crippen LogP contribution < -0.4 is 0 Å². The van der Waals surface area contributed by atoms with Crippen molar-refractivity contribution in [2.75, 3.05) is 0 Å². The Hall–Kier alpha value is -12.9. The normalized spacial score (nSPS) is 11.2. The van der Waals surface area contributed by atoms with Crippen molar-refractivity contribution in [3.8, 4) is 68.3 Å². The van der Waals surface area contributed by atoms with Crippen LogP contribution in [0.15, 0.2) is 347 Å². The van der Waals surface area contributed by atoms with Crippen LogP contribution in [0.25, 0.3) is 134 Å². The molecule has 12 nitrogen and oxygen atoms in total. The molecule has 0 aliphatic rings. The molecule has 138 heavy (non-hydrogen) atoms. The first-order chi connectivity index (χ1) is 65.5. The molecule has 0 saturated heterocycles. The minimum Gasteiger partial charge on any atom is -0.340 e. The molecule has 0 spiro atoms. The van der Waals surface area contributed by atoms with Crippen molar-refractivity contribution < 1.29 is 60.3 Å². The molecular formula is C123H120Ir3N12-6. The van der Waals surface area contributed by atoms with Gasteiger partial charge in [0.2, 0.25) is 0 Å². The van der Waals surface area contributed by atoms with Crippen LogP contribution in [0.4, 0.5) is 0 Å². The van der Waals surface area contributed by atoms with E-state index in [2.05, 4.69) is 425 Å². The first-order valence-corrected chi connectivity index (χ1v) is 47.5. The molecule has 0 bridgehead atoms. The molecule has 0 aliphatic carbocycles. The number of imidazole rings is 3. The minimum atomic E-state index is 0. The monoisotopic (exact) mass is 2340 g/mol. The third-order valence-electron chi connectivity index (χ3n) is 25.0. The van der Waals surface area contributed by atoms with Crippen molar-refractivity contribution in [2.45, 2.75) is 178 Å². The summed E-state index contributed by atoms with van der Waals surface area (Å²) in [6.07, 6.45) is 17.3. The summed E-state index contributed by atoms with van der Waals surface area (Å²) in [6, 6.07) is 121. The van der Waals surface area contributed by atoms with Crippen LogP contribution in [-0.2, 0) is 60.3 Å². The molecule has 0 saturated carbocycles. The first kappa shape index (κ1) is 102. The number of pyridine rings is 3. The molecule has 12 aromatic carbocycles. The van der Waals surface area contributed by atoms with Crippen LogP contribution in [0.1, 0.15) is 228 Å². The van der Waals surface area contributed by atoms with Crippen molar-refractivity contribution in [3.05, 3.63) is 433 Å². The van der Waals surface area contributed by atoms with E-state index in [1.165, 1.54) is 116 Å². The number of hydrogen-bond donors (Lipinski definition) is 0. The number of aromatic nitrogens is 12. The van der Waals surface area contributed by atoms with Crippen LogP contribution in [0.2, 0.25) is 0 Å². The maximum atomic E-state index is 4.69. The van der Waals surface area contributed by atoms with E-state index in [1.807, 2.05) is 140 Å². The second-order valence-electron chi connectivity index (χ2n) is 37.1. The van der Waals surface area contributed by atoms with Gasteiger partial charge in [-0.05, 0) is 153 Å². The molecule has 0 aliphatic heterocycles. The van der Waals surface area contributed by atoms with Crippen molar-refractivity contribution >= 4 is 65.8 Å². The number of fused-ring (bicyclic) bond motifs is 9. The van der Waals surface area contributed by atoms with Crippen molar-refractivity contribution in [1.82, 2.24) is 57.3 Å². The Kier molecular flexibility index (Phi) is 34.9. The largest absolute Gasteiger partial charge is 0.340 e. The second kappa shape index (κ2) is 46.9. The van der Waals surface area contributed by atoms with Crippen LogP contribution in [-0.4, -0.2) is 57.3 Å². The second-order valence-corrected chi connectivity index (χ2v) is 37.1. The Bertz CT molecular complexity index is 7040. The molecule has 0 atom stereocenters. The third kappa shape index (κ3) is 22.3. The van der Waals surface area contributed by atoms with Crippen LogP contribution in [0.5, 0.6) is 0 Å². The average molecular weight is 2340 g/mol. The fourth-order valence-electron chi connectivity index (χ4n) is 18.0. The maximum Gasteiger partial charge on any atom is 0.143 e. The van der Waals surface area contributed by atoms with E-state index < -0.39 is 0 Å². The number of para-hydroxylation sites is 6. The molecule has 0 N–H and O–H groups in total. The smallest absolute Gasteiger partial charge is 0.143 e. The molecular weight excluding hydrogens is 2220 g/mol. The minimum absolute atomic E-state index is 0. The zero-order valence-corrected chi connectivity index (χ0v) is 89.2. The van der Waals surface area contributed by atoms with Crippen LogP contribution >= 0.6 is 0 Å². The third-order valence-corrected chi connectivity index (χ3v) is 25.0. The summed E-state index contributed by atoms with van der Waals surface area (Å²) in [7, 11) is 0. The topological polar surface area (TPSA) is 107 Å². The Balaban J connectivity index is 0.000000139. The van der Waals surface area contributed by atoms with Crippen LogP contribution in [0.3, 0.4) is 0 Å². The van der Waals surface area contributed by atoms with Crippen molar-refractivity contribution in [1.29, 1.82) is 0 Å². The van der Waals surface area contributed by atoms with E-state index in [0.29, 0.717) is 53.3 Å². The van der Waals surface area contributed by atoms with Gasteiger partial charge in [-0.2, -0.15) is 71.8 Å². The van der Waals surface area contributed by atoms with Gasteiger partial charge in [-0.25, -0.2) is 15.0 Å². The molecule has 21 rings (SSSR count). The summed E-state index contributed by atoms with van der Waals surface area (Å²) in [5, 5.41) is 7.27. The Morgan fingerprint density at radius 3 is 0.804 bits per heavy atom. The van der Waals surface area contributed by atoms with Gasteiger partial charge in [0.1, 0.15) is 16.9 Å². The maximum absolute atomic E-state index is 4.69. The summed E-state index contributed by atoms with van der Waals surface area (Å²) >= 11 is 0. The first-order valence-electron chi connectivity index (χ1n) is 47.5. The van der Waals surface area contributed by atoms with Gasteiger partial charge in [-0.3, -0.25) is 15.0 Å². The van der Waals surface area contributed by atoms with Gasteiger partial charge < -0.3 is 27.4 Å². The number of hydrogen-bond acceptors (Lipinski definition) is 6. The molecule has 9 aromatic heterocycles. The number of nitrogens with zero attached hydrogens (tertiary/aromatic N) is 12. The van der Waals surface area contributed by atoms with Crippen LogP contribution in [0, 0.1) is 36.4 Å². The van der Waals surface area contributed by atoms with E-state index in [-0.39, 0.29) is 60.3 Å². The molecule has 0 fully saturated rings. The molecule has 15 heteroatoms. The molecule has 0 unspecified atom stereocenters. The van der Waals surface area contributed by atoms with Gasteiger partial charge in [-0.15, -0.1) is 126 Å². The summed E-state index contributed by atoms with van der Waals surface area (Å²) in [6.45, 7) is 40.3. The Morgan fingerprint density at radius 1 is 0.210 bits per heavy atom. The van der Waals surface area contributed by atoms with Gasteiger partial charge in [0.05, 0.1) is 34.0 Å². The summed E-state index contributed by atoms with van der Waals surface area (Å²) in [4.78, 5) is 27.6. The summed E-state index contributed by atoms with van der Waals surface area (Å²) in [5.41, 5.74) is 28.6. The van der Waals surface area contributed by atoms with E-state index in [4.69, 9.17) is 0 Å². The molecule has 3 radical (unpaired) electrons. The average Bonchev–Trinajstić information content (AvgIpc) is 1.60. The zero-order chi connectivity index (χ0) is 94.5. The summed E-state index contributed by atoms with van der Waals surface area (Å²) < 4.78 is 13.3. The molecule has 9 heterocycles. The van der Waals surface area contributed by atoms with Gasteiger partial charge in [-0.1, -0.05) is 239 Å². The predicted molar refractivity (Wildman–Crippen MR) is 563 cm³/mol. The van der Waals surface area contributed by atoms with E-state index in [0.717, 1.165) is 68.2 Å². The number of benzene rings is 12. The van der Waals surface area contributed by atoms with E-state index in [9.17, 15) is 0 Å². The molecule has 0 amide bonds. The SMILES string of the molecule is CC(C)c1cc[c-]c(-n2c3ccc(C(C)C)cc3c3cccnc32)c1.CC(C)c1cc[c-]c(-n2c3ccccc3c3cccnc32)c1.CC(C)c1cccc(C(C)C)c1-n1ccnc1-c1[c-]cccc1.CC(C)c1cccc(C(C)C)c1-n1ccnc1-c1[c-]cccc1.CC(C)c1cccc(C(C)C)c1-n1ccnc1-c1[c-]cccc1.[Ir].[Ir].[Ir].[c-]1ccccc1-n1c2ccccc2c2cccnc21. The van der Waals surface area contributed by atoms with E-state index in [1.54, 1.807) is 0 Å². The van der Waals surface area contributed by atoms with Crippen molar-refractivity contribution in [2.24, 2.45) is 0 Å².